The zero-order valence-electron chi connectivity index (χ0n) is 12.3. The molecule has 0 saturated carbocycles. The normalized spacial score (nSPS) is 24.5. The third kappa shape index (κ3) is 2.80. The molecular formula is C17H12Cl3NO2S. The number of aliphatic imine (C=N–C) groups is 1. The molecule has 1 N–H and O–H groups in total. The van der Waals surface area contributed by atoms with Gasteiger partial charge in [-0.25, -0.2) is 4.99 Å². The first-order valence-electron chi connectivity index (χ1n) is 7.30. The van der Waals surface area contributed by atoms with Gasteiger partial charge in [-0.3, -0.25) is 0 Å². The van der Waals surface area contributed by atoms with Crippen LogP contribution in [0.15, 0.2) is 41.4 Å². The van der Waals surface area contributed by atoms with E-state index in [2.05, 4.69) is 4.99 Å². The van der Waals surface area contributed by atoms with E-state index in [1.165, 1.54) is 11.8 Å². The standard InChI is InChI=1S/C17H12Cl3NO2S/c18-10-1-3-12-9(5-10)6-15-17(12,22)21-16(24-15)8-23-14-4-2-11(19)7-13(14)20/h1-5,7,15,22H,6,8H2. The summed E-state index contributed by atoms with van der Waals surface area (Å²) in [6.07, 6.45) is 0.728. The zero-order valence-corrected chi connectivity index (χ0v) is 15.4. The van der Waals surface area contributed by atoms with Crippen LogP contribution >= 0.6 is 46.6 Å². The number of hydrogen-bond acceptors (Lipinski definition) is 4. The Bertz CT molecular complexity index is 858. The van der Waals surface area contributed by atoms with Gasteiger partial charge in [0.2, 0.25) is 0 Å². The molecule has 2 aliphatic rings. The van der Waals surface area contributed by atoms with Crippen LogP contribution in [-0.2, 0) is 12.1 Å². The number of ether oxygens (including phenoxy) is 1. The maximum absolute atomic E-state index is 11.0. The minimum absolute atomic E-state index is 0.0507. The van der Waals surface area contributed by atoms with Crippen LogP contribution in [0.25, 0.3) is 0 Å². The second-order valence-electron chi connectivity index (χ2n) is 5.71. The quantitative estimate of drug-likeness (QED) is 0.793. The van der Waals surface area contributed by atoms with Crippen molar-refractivity contribution < 1.29 is 9.84 Å². The summed E-state index contributed by atoms with van der Waals surface area (Å²) in [5.41, 5.74) is 0.670. The molecule has 1 heterocycles. The van der Waals surface area contributed by atoms with Crippen LogP contribution in [-0.4, -0.2) is 22.0 Å². The molecule has 0 fully saturated rings. The predicted molar refractivity (Wildman–Crippen MR) is 99.8 cm³/mol. The van der Waals surface area contributed by atoms with Gasteiger partial charge in [0.25, 0.3) is 0 Å². The molecule has 1 aliphatic carbocycles. The third-order valence-electron chi connectivity index (χ3n) is 4.14. The number of aliphatic hydroxyl groups is 1. The van der Waals surface area contributed by atoms with Crippen LogP contribution in [0.3, 0.4) is 0 Å². The lowest BCUT2D eigenvalue weighted by Crippen LogP contribution is -2.27. The lowest BCUT2D eigenvalue weighted by molar-refractivity contribution is 0.0577. The lowest BCUT2D eigenvalue weighted by Gasteiger charge is -2.19. The summed E-state index contributed by atoms with van der Waals surface area (Å²) in [6.45, 7) is 0.258. The minimum Gasteiger partial charge on any atom is -0.485 e. The first-order chi connectivity index (χ1) is 11.5. The molecule has 24 heavy (non-hydrogen) atoms. The molecule has 0 spiro atoms. The molecule has 0 radical (unpaired) electrons. The molecular weight excluding hydrogens is 389 g/mol. The first-order valence-corrected chi connectivity index (χ1v) is 9.31. The summed E-state index contributed by atoms with van der Waals surface area (Å²) >= 11 is 19.5. The van der Waals surface area contributed by atoms with Gasteiger partial charge < -0.3 is 9.84 Å². The Morgan fingerprint density at radius 3 is 2.71 bits per heavy atom. The van der Waals surface area contributed by atoms with Gasteiger partial charge in [-0.05, 0) is 42.3 Å². The smallest absolute Gasteiger partial charge is 0.196 e. The second-order valence-corrected chi connectivity index (χ2v) is 8.26. The van der Waals surface area contributed by atoms with Crippen molar-refractivity contribution in [2.24, 2.45) is 4.99 Å². The van der Waals surface area contributed by atoms with E-state index in [0.29, 0.717) is 20.8 Å². The Hall–Kier alpha value is -0.910. The number of nitrogens with zero attached hydrogens (tertiary/aromatic N) is 1. The number of fused-ring (bicyclic) bond motifs is 3. The number of benzene rings is 2. The van der Waals surface area contributed by atoms with Crippen molar-refractivity contribution >= 4 is 51.6 Å². The highest BCUT2D eigenvalue weighted by Crippen LogP contribution is 2.49. The van der Waals surface area contributed by atoms with Gasteiger partial charge in [0, 0.05) is 15.6 Å². The SMILES string of the molecule is OC12N=C(COc3ccc(Cl)cc3Cl)SC1Cc1cc(Cl)ccc12. The molecule has 2 atom stereocenters. The average Bonchev–Trinajstić information content (AvgIpc) is 2.95. The molecule has 2 unspecified atom stereocenters. The van der Waals surface area contributed by atoms with E-state index < -0.39 is 5.72 Å². The molecule has 1 aliphatic heterocycles. The minimum atomic E-state index is -1.20. The van der Waals surface area contributed by atoms with E-state index in [1.54, 1.807) is 24.3 Å². The average molecular weight is 401 g/mol. The summed E-state index contributed by atoms with van der Waals surface area (Å²) in [7, 11) is 0. The van der Waals surface area contributed by atoms with E-state index in [9.17, 15) is 5.11 Å². The highest BCUT2D eigenvalue weighted by molar-refractivity contribution is 8.14. The molecule has 3 nitrogen and oxygen atoms in total. The van der Waals surface area contributed by atoms with Crippen LogP contribution in [0.5, 0.6) is 5.75 Å². The number of halogens is 3. The van der Waals surface area contributed by atoms with Crippen molar-refractivity contribution in [3.05, 3.63) is 62.6 Å². The van der Waals surface area contributed by atoms with Crippen molar-refractivity contribution in [1.82, 2.24) is 0 Å². The fourth-order valence-electron chi connectivity index (χ4n) is 3.04. The van der Waals surface area contributed by atoms with Gasteiger partial charge in [-0.2, -0.15) is 0 Å². The van der Waals surface area contributed by atoms with E-state index in [0.717, 1.165) is 22.6 Å². The molecule has 0 amide bonds. The molecule has 4 rings (SSSR count). The zero-order chi connectivity index (χ0) is 16.9. The monoisotopic (exact) mass is 399 g/mol. The molecule has 0 saturated heterocycles. The van der Waals surface area contributed by atoms with E-state index in [-0.39, 0.29) is 11.9 Å². The van der Waals surface area contributed by atoms with Gasteiger partial charge in [0.1, 0.15) is 17.4 Å². The Balaban J connectivity index is 1.54. The van der Waals surface area contributed by atoms with Gasteiger partial charge >= 0.3 is 0 Å². The molecule has 124 valence electrons. The Morgan fingerprint density at radius 1 is 1.17 bits per heavy atom. The fraction of sp³-hybridized carbons (Fsp3) is 0.235. The maximum atomic E-state index is 11.0. The van der Waals surface area contributed by atoms with Gasteiger partial charge in [-0.15, -0.1) is 0 Å². The fourth-order valence-corrected chi connectivity index (χ4v) is 4.95. The van der Waals surface area contributed by atoms with Crippen molar-refractivity contribution in [2.45, 2.75) is 17.4 Å². The molecule has 2 aromatic carbocycles. The second kappa shape index (κ2) is 6.11. The Morgan fingerprint density at radius 2 is 1.92 bits per heavy atom. The van der Waals surface area contributed by atoms with Crippen LogP contribution in [0.4, 0.5) is 0 Å². The molecule has 0 aromatic heterocycles. The number of hydrogen-bond donors (Lipinski definition) is 1. The number of thioether (sulfide) groups is 1. The molecule has 0 bridgehead atoms. The van der Waals surface area contributed by atoms with Crippen LogP contribution < -0.4 is 4.74 Å². The van der Waals surface area contributed by atoms with E-state index in [4.69, 9.17) is 39.5 Å². The maximum Gasteiger partial charge on any atom is 0.196 e. The van der Waals surface area contributed by atoms with E-state index >= 15 is 0 Å². The largest absolute Gasteiger partial charge is 0.485 e. The van der Waals surface area contributed by atoms with Crippen LogP contribution in [0.1, 0.15) is 11.1 Å². The highest BCUT2D eigenvalue weighted by Gasteiger charge is 2.50. The Labute approximate surface area is 158 Å². The topological polar surface area (TPSA) is 41.8 Å². The number of rotatable bonds is 3. The predicted octanol–water partition coefficient (Wildman–Crippen LogP) is 4.94. The molecule has 7 heteroatoms. The van der Waals surface area contributed by atoms with Crippen molar-refractivity contribution in [1.29, 1.82) is 0 Å². The summed E-state index contributed by atoms with van der Waals surface area (Å²) < 4.78 is 5.72. The summed E-state index contributed by atoms with van der Waals surface area (Å²) in [4.78, 5) is 4.51. The lowest BCUT2D eigenvalue weighted by atomic mass is 10.1. The summed E-state index contributed by atoms with van der Waals surface area (Å²) in [5, 5.41) is 13.4. The first kappa shape index (κ1) is 16.6. The van der Waals surface area contributed by atoms with Gasteiger partial charge in [0.15, 0.2) is 5.72 Å². The van der Waals surface area contributed by atoms with Gasteiger partial charge in [-0.1, -0.05) is 52.6 Å². The Kier molecular flexibility index (Phi) is 4.22. The highest BCUT2D eigenvalue weighted by atomic mass is 35.5. The van der Waals surface area contributed by atoms with E-state index in [1.807, 2.05) is 12.1 Å². The molecule has 2 aromatic rings. The van der Waals surface area contributed by atoms with Gasteiger partial charge in [0.05, 0.1) is 10.3 Å². The third-order valence-corrected chi connectivity index (χ3v) is 6.16. The van der Waals surface area contributed by atoms with Crippen LogP contribution in [0, 0.1) is 0 Å². The van der Waals surface area contributed by atoms with Crippen molar-refractivity contribution in [3.63, 3.8) is 0 Å². The van der Waals surface area contributed by atoms with Crippen molar-refractivity contribution in [3.8, 4) is 5.75 Å². The summed E-state index contributed by atoms with van der Waals surface area (Å²) in [5.74, 6) is 0.542. The summed E-state index contributed by atoms with van der Waals surface area (Å²) in [6, 6.07) is 10.6. The van der Waals surface area contributed by atoms with Crippen molar-refractivity contribution in [2.75, 3.05) is 6.61 Å². The van der Waals surface area contributed by atoms with Crippen LogP contribution in [0.2, 0.25) is 15.1 Å².